The van der Waals surface area contributed by atoms with Crippen LogP contribution in [-0.2, 0) is 0 Å². The molecule has 0 spiro atoms. The number of nitrogens with one attached hydrogen (secondary N) is 1. The molecule has 0 fully saturated rings. The maximum atomic E-state index is 10.7. The van der Waals surface area contributed by atoms with E-state index < -0.39 is 5.54 Å². The summed E-state index contributed by atoms with van der Waals surface area (Å²) in [5.74, 6) is 0.557. The molecule has 0 aromatic heterocycles. The van der Waals surface area contributed by atoms with E-state index in [2.05, 4.69) is 66.4 Å². The zero-order valence-corrected chi connectivity index (χ0v) is 16.7. The summed E-state index contributed by atoms with van der Waals surface area (Å²) in [6.07, 6.45) is 4.85. The lowest BCUT2D eigenvalue weighted by Crippen LogP contribution is -2.49. The summed E-state index contributed by atoms with van der Waals surface area (Å²) >= 11 is 0. The second-order valence-electron chi connectivity index (χ2n) is 7.28. The van der Waals surface area contributed by atoms with Crippen molar-refractivity contribution in [3.63, 3.8) is 0 Å². The van der Waals surface area contributed by atoms with Gasteiger partial charge in [-0.2, -0.15) is 5.06 Å². The highest BCUT2D eigenvalue weighted by Crippen LogP contribution is 2.48. The molecule has 0 saturated carbocycles. The van der Waals surface area contributed by atoms with E-state index in [-0.39, 0.29) is 5.54 Å². The van der Waals surface area contributed by atoms with Crippen molar-refractivity contribution >= 4 is 0 Å². The summed E-state index contributed by atoms with van der Waals surface area (Å²) in [5.41, 5.74) is 3.11. The van der Waals surface area contributed by atoms with Gasteiger partial charge in [-0.05, 0) is 69.9 Å². The number of nitrogens with zero attached hydrogens (tertiary/aromatic N) is 1. The van der Waals surface area contributed by atoms with Gasteiger partial charge in [-0.25, -0.2) is 0 Å². The predicted molar refractivity (Wildman–Crippen MR) is 102 cm³/mol. The minimum absolute atomic E-state index is 0.342. The standard InChI is InChI=1S/C18H32N2O.C2H6/c1-9-14(12-19-10-2)16-15(11-13(3)4)17(5,6)20(21)18(16,7)8;1-2/h9-10,13,19,21H,2,11-12H2,1,3-8H3;1-2H3/b14-9+;. The van der Waals surface area contributed by atoms with Gasteiger partial charge in [0.25, 0.3) is 0 Å². The Morgan fingerprint density at radius 1 is 1.22 bits per heavy atom. The average Bonchev–Trinajstić information content (AvgIpc) is 2.61. The third-order valence-corrected chi connectivity index (χ3v) is 4.43. The SMILES string of the molecule is C=CNC/C(=C\C)C1=C(CC(C)C)C(C)(C)N(O)C1(C)C.CC. The van der Waals surface area contributed by atoms with Gasteiger partial charge in [0.1, 0.15) is 0 Å². The van der Waals surface area contributed by atoms with Crippen molar-refractivity contribution in [3.8, 4) is 0 Å². The Balaban J connectivity index is 0.00000232. The molecule has 0 bridgehead atoms. The fraction of sp³-hybridized carbons (Fsp3) is 0.700. The van der Waals surface area contributed by atoms with E-state index in [0.717, 1.165) is 13.0 Å². The fourth-order valence-corrected chi connectivity index (χ4v) is 3.47. The molecule has 0 unspecified atom stereocenters. The first-order valence-electron chi connectivity index (χ1n) is 8.83. The van der Waals surface area contributed by atoms with Crippen molar-refractivity contribution in [2.75, 3.05) is 6.54 Å². The molecule has 0 amide bonds. The van der Waals surface area contributed by atoms with E-state index in [1.165, 1.54) is 21.8 Å². The summed E-state index contributed by atoms with van der Waals surface area (Å²) < 4.78 is 0. The largest absolute Gasteiger partial charge is 0.387 e. The van der Waals surface area contributed by atoms with E-state index in [4.69, 9.17) is 0 Å². The summed E-state index contributed by atoms with van der Waals surface area (Å²) in [6, 6.07) is 0. The lowest BCUT2D eigenvalue weighted by molar-refractivity contribution is -0.187. The molecule has 2 N–H and O–H groups in total. The summed E-state index contributed by atoms with van der Waals surface area (Å²) in [7, 11) is 0. The first kappa shape index (κ1) is 21.9. The molecule has 0 aromatic carbocycles. The van der Waals surface area contributed by atoms with Crippen LogP contribution in [0.5, 0.6) is 0 Å². The Morgan fingerprint density at radius 2 is 1.74 bits per heavy atom. The molecule has 23 heavy (non-hydrogen) atoms. The highest BCUT2D eigenvalue weighted by molar-refractivity contribution is 5.50. The third kappa shape index (κ3) is 4.48. The molecule has 0 aliphatic carbocycles. The van der Waals surface area contributed by atoms with Crippen molar-refractivity contribution < 1.29 is 5.21 Å². The van der Waals surface area contributed by atoms with Crippen LogP contribution in [0.15, 0.2) is 35.6 Å². The Kier molecular flexibility index (Phi) is 8.30. The molecule has 0 radical (unpaired) electrons. The average molecular weight is 323 g/mol. The Hall–Kier alpha value is -1.06. The molecule has 1 heterocycles. The lowest BCUT2D eigenvalue weighted by Gasteiger charge is -2.37. The van der Waals surface area contributed by atoms with Gasteiger partial charge >= 0.3 is 0 Å². The molecule has 134 valence electrons. The van der Waals surface area contributed by atoms with Crippen molar-refractivity contribution in [1.29, 1.82) is 0 Å². The van der Waals surface area contributed by atoms with Crippen molar-refractivity contribution in [3.05, 3.63) is 35.6 Å². The molecule has 1 aliphatic heterocycles. The van der Waals surface area contributed by atoms with Gasteiger partial charge in [-0.15, -0.1) is 0 Å². The third-order valence-electron chi connectivity index (χ3n) is 4.43. The van der Waals surface area contributed by atoms with Crippen molar-refractivity contribution in [1.82, 2.24) is 10.4 Å². The number of hydrogen-bond acceptors (Lipinski definition) is 3. The van der Waals surface area contributed by atoms with E-state index in [9.17, 15) is 5.21 Å². The summed E-state index contributed by atoms with van der Waals surface area (Å²) in [6.45, 7) is 23.4. The molecular weight excluding hydrogens is 284 g/mol. The zero-order chi connectivity index (χ0) is 18.4. The van der Waals surface area contributed by atoms with Gasteiger partial charge in [-0.1, -0.05) is 40.3 Å². The monoisotopic (exact) mass is 322 g/mol. The van der Waals surface area contributed by atoms with Crippen molar-refractivity contribution in [2.24, 2.45) is 5.92 Å². The number of hydrogen-bond donors (Lipinski definition) is 2. The molecule has 1 rings (SSSR count). The first-order valence-corrected chi connectivity index (χ1v) is 8.83. The van der Waals surface area contributed by atoms with Crippen LogP contribution in [0.25, 0.3) is 0 Å². The molecule has 0 saturated heterocycles. The van der Waals surface area contributed by atoms with Crippen LogP contribution < -0.4 is 5.32 Å². The van der Waals surface area contributed by atoms with E-state index in [1.54, 1.807) is 6.20 Å². The Bertz CT molecular complexity index is 456. The molecule has 1 aliphatic rings. The summed E-state index contributed by atoms with van der Waals surface area (Å²) in [4.78, 5) is 0. The van der Waals surface area contributed by atoms with Gasteiger partial charge in [0.05, 0.1) is 11.1 Å². The van der Waals surface area contributed by atoms with Crippen LogP contribution in [0, 0.1) is 5.92 Å². The zero-order valence-electron chi connectivity index (χ0n) is 16.7. The van der Waals surface area contributed by atoms with Crippen LogP contribution >= 0.6 is 0 Å². The lowest BCUT2D eigenvalue weighted by atomic mass is 9.82. The minimum Gasteiger partial charge on any atom is -0.387 e. The molecule has 3 heteroatoms. The first-order chi connectivity index (χ1) is 10.6. The van der Waals surface area contributed by atoms with Gasteiger partial charge in [0.15, 0.2) is 0 Å². The van der Waals surface area contributed by atoms with E-state index in [0.29, 0.717) is 5.92 Å². The smallest absolute Gasteiger partial charge is 0.0665 e. The van der Waals surface area contributed by atoms with Crippen LogP contribution in [0.1, 0.15) is 68.7 Å². The van der Waals surface area contributed by atoms with Crippen LogP contribution in [0.4, 0.5) is 0 Å². The predicted octanol–water partition coefficient (Wildman–Crippen LogP) is 5.30. The highest BCUT2D eigenvalue weighted by atomic mass is 16.5. The molecule has 0 aromatic rings. The molecule has 0 atom stereocenters. The Labute approximate surface area is 144 Å². The van der Waals surface area contributed by atoms with Crippen molar-refractivity contribution in [2.45, 2.75) is 79.8 Å². The second-order valence-corrected chi connectivity index (χ2v) is 7.28. The van der Waals surface area contributed by atoms with Crippen LogP contribution in [-0.4, -0.2) is 27.9 Å². The topological polar surface area (TPSA) is 35.5 Å². The Morgan fingerprint density at radius 3 is 2.13 bits per heavy atom. The van der Waals surface area contributed by atoms with Crippen LogP contribution in [0.2, 0.25) is 0 Å². The molecule has 3 nitrogen and oxygen atoms in total. The van der Waals surface area contributed by atoms with Gasteiger partial charge in [0.2, 0.25) is 0 Å². The molecular formula is C20H38N2O. The minimum atomic E-state index is -0.390. The van der Waals surface area contributed by atoms with Gasteiger partial charge in [0, 0.05) is 6.54 Å². The maximum absolute atomic E-state index is 10.7. The van der Waals surface area contributed by atoms with Crippen LogP contribution in [0.3, 0.4) is 0 Å². The van der Waals surface area contributed by atoms with E-state index >= 15 is 0 Å². The fourth-order valence-electron chi connectivity index (χ4n) is 3.47. The quantitative estimate of drug-likeness (QED) is 0.697. The van der Waals surface area contributed by atoms with Gasteiger partial charge < -0.3 is 10.5 Å². The number of allylic oxidation sites excluding steroid dienone is 1. The normalized spacial score (nSPS) is 20.4. The van der Waals surface area contributed by atoms with E-state index in [1.807, 2.05) is 13.8 Å². The van der Waals surface area contributed by atoms with Gasteiger partial charge in [-0.3, -0.25) is 0 Å². The number of rotatable bonds is 6. The second kappa shape index (κ2) is 8.70. The summed E-state index contributed by atoms with van der Waals surface area (Å²) in [5, 5.41) is 15.4. The highest BCUT2D eigenvalue weighted by Gasteiger charge is 2.50. The maximum Gasteiger partial charge on any atom is 0.0665 e. The number of hydroxylamine groups is 2.